The van der Waals surface area contributed by atoms with Crippen molar-refractivity contribution in [2.24, 2.45) is 0 Å². The highest BCUT2D eigenvalue weighted by atomic mass is 35.5. The van der Waals surface area contributed by atoms with Crippen LogP contribution in [0.1, 0.15) is 27.6 Å². The predicted molar refractivity (Wildman–Crippen MR) is 99.8 cm³/mol. The predicted octanol–water partition coefficient (Wildman–Crippen LogP) is 3.54. The Morgan fingerprint density at radius 2 is 1.69 bits per heavy atom. The van der Waals surface area contributed by atoms with Crippen LogP contribution in [0.5, 0.6) is 0 Å². The maximum absolute atomic E-state index is 11.9. The van der Waals surface area contributed by atoms with E-state index in [0.29, 0.717) is 17.8 Å². The number of ether oxygens (including phenoxy) is 1. The van der Waals surface area contributed by atoms with Crippen LogP contribution in [0.25, 0.3) is 0 Å². The van der Waals surface area contributed by atoms with Crippen molar-refractivity contribution in [2.45, 2.75) is 6.92 Å². The van der Waals surface area contributed by atoms with Gasteiger partial charge in [0, 0.05) is 27.8 Å². The molecule has 0 aliphatic rings. The van der Waals surface area contributed by atoms with Crippen molar-refractivity contribution in [2.75, 3.05) is 18.5 Å². The first-order valence-corrected chi connectivity index (χ1v) is 8.46. The van der Waals surface area contributed by atoms with Crippen molar-refractivity contribution in [1.29, 1.82) is 0 Å². The molecule has 2 aromatic rings. The molecule has 0 spiro atoms. The van der Waals surface area contributed by atoms with Gasteiger partial charge in [0.05, 0.1) is 5.56 Å². The Bertz CT molecular complexity index is 819. The highest BCUT2D eigenvalue weighted by Crippen LogP contribution is 2.19. The highest BCUT2D eigenvalue weighted by Gasteiger charge is 2.13. The molecule has 26 heavy (non-hydrogen) atoms. The molecule has 0 bridgehead atoms. The van der Waals surface area contributed by atoms with E-state index in [-0.39, 0.29) is 21.5 Å². The van der Waals surface area contributed by atoms with Gasteiger partial charge >= 0.3 is 5.97 Å². The van der Waals surface area contributed by atoms with Gasteiger partial charge in [-0.2, -0.15) is 0 Å². The lowest BCUT2D eigenvalue weighted by atomic mass is 10.2. The monoisotopic (exact) mass is 394 g/mol. The van der Waals surface area contributed by atoms with Crippen molar-refractivity contribution in [3.05, 3.63) is 63.6 Å². The second kappa shape index (κ2) is 9.22. The number of rotatable bonds is 6. The molecule has 0 fully saturated rings. The fourth-order valence-electron chi connectivity index (χ4n) is 2.08. The van der Waals surface area contributed by atoms with E-state index >= 15 is 0 Å². The third-order valence-corrected chi connectivity index (χ3v) is 3.61. The van der Waals surface area contributed by atoms with E-state index in [9.17, 15) is 14.4 Å². The number of carbonyl (C=O) groups is 3. The lowest BCUT2D eigenvalue weighted by Crippen LogP contribution is -2.23. The molecule has 2 N–H and O–H groups in total. The maximum atomic E-state index is 11.9. The van der Waals surface area contributed by atoms with E-state index in [0.717, 1.165) is 0 Å². The molecule has 0 heterocycles. The zero-order valence-corrected chi connectivity index (χ0v) is 15.4. The number of esters is 1. The smallest absolute Gasteiger partial charge is 0.338 e. The number of hydrogen-bond donors (Lipinski definition) is 2. The van der Waals surface area contributed by atoms with Gasteiger partial charge < -0.3 is 15.4 Å². The molecule has 2 aromatic carbocycles. The molecule has 2 rings (SSSR count). The van der Waals surface area contributed by atoms with Gasteiger partial charge in [0.1, 0.15) is 0 Å². The van der Waals surface area contributed by atoms with Crippen LogP contribution in [-0.4, -0.2) is 30.9 Å². The van der Waals surface area contributed by atoms with Gasteiger partial charge in [-0.05, 0) is 43.3 Å². The first kappa shape index (κ1) is 19.8. The molecule has 0 radical (unpaired) electrons. The average Bonchev–Trinajstić information content (AvgIpc) is 2.59. The minimum atomic E-state index is -0.722. The Morgan fingerprint density at radius 3 is 2.35 bits per heavy atom. The van der Waals surface area contributed by atoms with Crippen molar-refractivity contribution in [1.82, 2.24) is 5.32 Å². The normalized spacial score (nSPS) is 10.1. The summed E-state index contributed by atoms with van der Waals surface area (Å²) < 4.78 is 4.94. The molecule has 0 saturated carbocycles. The van der Waals surface area contributed by atoms with Gasteiger partial charge in [0.25, 0.3) is 11.8 Å². The number of nitrogens with one attached hydrogen (secondary N) is 2. The quantitative estimate of drug-likeness (QED) is 0.733. The minimum Gasteiger partial charge on any atom is -0.452 e. The summed E-state index contributed by atoms with van der Waals surface area (Å²) in [6, 6.07) is 10.7. The summed E-state index contributed by atoms with van der Waals surface area (Å²) in [5, 5.41) is 5.80. The second-order valence-electron chi connectivity index (χ2n) is 5.22. The molecule has 136 valence electrons. The maximum Gasteiger partial charge on any atom is 0.338 e. The SMILES string of the molecule is CCNC(=O)c1cccc(NC(=O)COC(=O)c2cc(Cl)cc(Cl)c2)c1. The van der Waals surface area contributed by atoms with E-state index in [4.69, 9.17) is 27.9 Å². The molecule has 6 nitrogen and oxygen atoms in total. The topological polar surface area (TPSA) is 84.5 Å². The van der Waals surface area contributed by atoms with Crippen molar-refractivity contribution in [3.8, 4) is 0 Å². The average molecular weight is 395 g/mol. The lowest BCUT2D eigenvalue weighted by Gasteiger charge is -2.08. The van der Waals surface area contributed by atoms with E-state index in [1.807, 2.05) is 6.92 Å². The Labute approximate surface area is 160 Å². The van der Waals surface area contributed by atoms with Crippen molar-refractivity contribution < 1.29 is 19.1 Å². The molecule has 0 aliphatic heterocycles. The van der Waals surface area contributed by atoms with E-state index < -0.39 is 18.5 Å². The summed E-state index contributed by atoms with van der Waals surface area (Å²) >= 11 is 11.6. The van der Waals surface area contributed by atoms with Crippen molar-refractivity contribution >= 4 is 46.7 Å². The number of carbonyl (C=O) groups excluding carboxylic acids is 3. The fourth-order valence-corrected chi connectivity index (χ4v) is 2.61. The molecule has 8 heteroatoms. The summed E-state index contributed by atoms with van der Waals surface area (Å²) in [4.78, 5) is 35.7. The van der Waals surface area contributed by atoms with E-state index in [2.05, 4.69) is 10.6 Å². The summed E-state index contributed by atoms with van der Waals surface area (Å²) in [6.45, 7) is 1.82. The third kappa shape index (κ3) is 5.75. The molecule has 2 amide bonds. The molecule has 0 atom stereocenters. The van der Waals surface area contributed by atoms with E-state index in [1.54, 1.807) is 18.2 Å². The number of benzene rings is 2. The molecule has 0 unspecified atom stereocenters. The summed E-state index contributed by atoms with van der Waals surface area (Å²) in [6.07, 6.45) is 0. The molecule has 0 saturated heterocycles. The van der Waals surface area contributed by atoms with Crippen LogP contribution in [0.2, 0.25) is 10.0 Å². The van der Waals surface area contributed by atoms with Gasteiger partial charge in [0.15, 0.2) is 6.61 Å². The summed E-state index contributed by atoms with van der Waals surface area (Å²) in [5.41, 5.74) is 0.976. The van der Waals surface area contributed by atoms with Gasteiger partial charge in [-0.1, -0.05) is 29.3 Å². The Hall–Kier alpha value is -2.57. The Morgan fingerprint density at radius 1 is 1.00 bits per heavy atom. The van der Waals surface area contributed by atoms with Crippen molar-refractivity contribution in [3.63, 3.8) is 0 Å². The van der Waals surface area contributed by atoms with Crippen LogP contribution in [0.15, 0.2) is 42.5 Å². The van der Waals surface area contributed by atoms with Crippen LogP contribution in [0.4, 0.5) is 5.69 Å². The van der Waals surface area contributed by atoms with E-state index in [1.165, 1.54) is 24.3 Å². The van der Waals surface area contributed by atoms with Crippen LogP contribution >= 0.6 is 23.2 Å². The second-order valence-corrected chi connectivity index (χ2v) is 6.10. The Kier molecular flexibility index (Phi) is 7.00. The third-order valence-electron chi connectivity index (χ3n) is 3.18. The summed E-state index contributed by atoms with van der Waals surface area (Å²) in [7, 11) is 0. The van der Waals surface area contributed by atoms with Gasteiger partial charge in [-0.3, -0.25) is 9.59 Å². The molecule has 0 aliphatic carbocycles. The standard InChI is InChI=1S/C18H16Cl2N2O4/c1-2-21-17(24)11-4-3-5-15(8-11)22-16(23)10-26-18(25)12-6-13(19)9-14(20)7-12/h3-9H,2,10H2,1H3,(H,21,24)(H,22,23). The van der Waals surface area contributed by atoms with Crippen LogP contribution in [0, 0.1) is 0 Å². The van der Waals surface area contributed by atoms with Crippen LogP contribution in [0.3, 0.4) is 0 Å². The molecular formula is C18H16Cl2N2O4. The summed E-state index contributed by atoms with van der Waals surface area (Å²) in [5.74, 6) is -1.51. The first-order chi connectivity index (χ1) is 12.4. The Balaban J connectivity index is 1.93. The largest absolute Gasteiger partial charge is 0.452 e. The number of hydrogen-bond acceptors (Lipinski definition) is 4. The number of anilines is 1. The molecule has 0 aromatic heterocycles. The minimum absolute atomic E-state index is 0.147. The number of amides is 2. The zero-order chi connectivity index (χ0) is 19.1. The first-order valence-electron chi connectivity index (χ1n) is 7.70. The zero-order valence-electron chi connectivity index (χ0n) is 13.8. The van der Waals surface area contributed by atoms with Gasteiger partial charge in [-0.15, -0.1) is 0 Å². The lowest BCUT2D eigenvalue weighted by molar-refractivity contribution is -0.119. The van der Waals surface area contributed by atoms with Gasteiger partial charge in [0.2, 0.25) is 0 Å². The number of halogens is 2. The molecular weight excluding hydrogens is 379 g/mol. The van der Waals surface area contributed by atoms with Crippen LogP contribution < -0.4 is 10.6 Å². The van der Waals surface area contributed by atoms with Gasteiger partial charge in [-0.25, -0.2) is 4.79 Å². The fraction of sp³-hybridized carbons (Fsp3) is 0.167. The van der Waals surface area contributed by atoms with Crippen LogP contribution in [-0.2, 0) is 9.53 Å². The highest BCUT2D eigenvalue weighted by molar-refractivity contribution is 6.35.